The number of anilines is 1. The SMILES string of the molecule is Cc1nc(N[C@H](C)c2cccc(C(F)F)c2F)c2cn(C3(C)CCC3)c(=O)cc2n1. The van der Waals surface area contributed by atoms with Crippen molar-refractivity contribution in [1.82, 2.24) is 14.5 Å². The molecule has 0 aliphatic heterocycles. The summed E-state index contributed by atoms with van der Waals surface area (Å²) in [5.41, 5.74) is -0.384. The molecule has 2 aromatic heterocycles. The van der Waals surface area contributed by atoms with E-state index in [2.05, 4.69) is 15.3 Å². The number of rotatable bonds is 5. The van der Waals surface area contributed by atoms with Crippen LogP contribution < -0.4 is 10.9 Å². The maximum Gasteiger partial charge on any atom is 0.266 e. The monoisotopic (exact) mass is 416 g/mol. The minimum absolute atomic E-state index is 0.122. The average Bonchev–Trinajstić information content (AvgIpc) is 2.65. The zero-order valence-corrected chi connectivity index (χ0v) is 17.0. The topological polar surface area (TPSA) is 59.8 Å². The standard InChI is InChI=1S/C22H23F3N4O/c1-12(14-6-4-7-15(19(14)23)20(24)25)26-21-16-11-29(22(3)8-5-9-22)18(30)10-17(16)27-13(2)28-21/h4,6-7,10-12,20H,5,8-9H2,1-3H3,(H,26,27,28)/t12-/m1/s1. The molecule has 0 spiro atoms. The van der Waals surface area contributed by atoms with E-state index >= 15 is 0 Å². The molecule has 1 aliphatic carbocycles. The van der Waals surface area contributed by atoms with Crippen molar-refractivity contribution in [2.45, 2.75) is 58.0 Å². The van der Waals surface area contributed by atoms with Gasteiger partial charge >= 0.3 is 0 Å². The van der Waals surface area contributed by atoms with Crippen LogP contribution in [0.3, 0.4) is 0 Å². The predicted molar refractivity (Wildman–Crippen MR) is 109 cm³/mol. The Balaban J connectivity index is 1.78. The Morgan fingerprint density at radius 1 is 1.20 bits per heavy atom. The van der Waals surface area contributed by atoms with E-state index in [1.54, 1.807) is 24.6 Å². The second kappa shape index (κ2) is 7.41. The van der Waals surface area contributed by atoms with Gasteiger partial charge in [0.25, 0.3) is 12.0 Å². The Bertz CT molecular complexity index is 1170. The number of halogens is 3. The first-order valence-corrected chi connectivity index (χ1v) is 9.94. The molecule has 158 valence electrons. The van der Waals surface area contributed by atoms with Crippen molar-refractivity contribution in [3.05, 3.63) is 63.6 Å². The molecule has 0 unspecified atom stereocenters. The van der Waals surface area contributed by atoms with Crippen LogP contribution in [0.4, 0.5) is 19.0 Å². The highest BCUT2D eigenvalue weighted by atomic mass is 19.3. The highest BCUT2D eigenvalue weighted by Crippen LogP contribution is 2.38. The van der Waals surface area contributed by atoms with Crippen molar-refractivity contribution in [2.24, 2.45) is 0 Å². The summed E-state index contributed by atoms with van der Waals surface area (Å²) in [5.74, 6) is -0.0454. The summed E-state index contributed by atoms with van der Waals surface area (Å²) in [5, 5.41) is 3.76. The van der Waals surface area contributed by atoms with Crippen LogP contribution >= 0.6 is 0 Å². The van der Waals surface area contributed by atoms with Crippen LogP contribution in [0.2, 0.25) is 0 Å². The molecule has 1 N–H and O–H groups in total. The molecule has 4 rings (SSSR count). The number of fused-ring (bicyclic) bond motifs is 1. The Morgan fingerprint density at radius 3 is 2.53 bits per heavy atom. The Morgan fingerprint density at radius 2 is 1.90 bits per heavy atom. The number of alkyl halides is 2. The summed E-state index contributed by atoms with van der Waals surface area (Å²) in [6, 6.07) is 4.83. The van der Waals surface area contributed by atoms with Gasteiger partial charge in [-0.3, -0.25) is 4.79 Å². The second-order valence-corrected chi connectivity index (χ2v) is 8.17. The number of hydrogen-bond acceptors (Lipinski definition) is 4. The van der Waals surface area contributed by atoms with Gasteiger partial charge in [0.1, 0.15) is 17.5 Å². The maximum atomic E-state index is 14.6. The number of aryl methyl sites for hydroxylation is 1. The van der Waals surface area contributed by atoms with E-state index in [4.69, 9.17) is 0 Å². The number of aromatic nitrogens is 3. The molecule has 3 aromatic rings. The first-order valence-electron chi connectivity index (χ1n) is 9.94. The lowest BCUT2D eigenvalue weighted by Crippen LogP contribution is -2.43. The van der Waals surface area contributed by atoms with Crippen LogP contribution in [-0.4, -0.2) is 14.5 Å². The van der Waals surface area contributed by atoms with Gasteiger partial charge in [-0.15, -0.1) is 0 Å². The van der Waals surface area contributed by atoms with Crippen molar-refractivity contribution in [1.29, 1.82) is 0 Å². The minimum atomic E-state index is -2.89. The molecule has 1 aliphatic rings. The Kier molecular flexibility index (Phi) is 5.03. The molecule has 1 fully saturated rings. The maximum absolute atomic E-state index is 14.6. The summed E-state index contributed by atoms with van der Waals surface area (Å²) in [7, 11) is 0. The van der Waals surface area contributed by atoms with E-state index < -0.39 is 23.8 Å². The summed E-state index contributed by atoms with van der Waals surface area (Å²) >= 11 is 0. The van der Waals surface area contributed by atoms with Crippen LogP contribution in [0.5, 0.6) is 0 Å². The third kappa shape index (κ3) is 3.44. The highest BCUT2D eigenvalue weighted by molar-refractivity contribution is 5.88. The Labute approximate surface area is 172 Å². The second-order valence-electron chi connectivity index (χ2n) is 8.17. The highest BCUT2D eigenvalue weighted by Gasteiger charge is 2.34. The van der Waals surface area contributed by atoms with Crippen molar-refractivity contribution in [3.63, 3.8) is 0 Å². The van der Waals surface area contributed by atoms with Gasteiger partial charge in [-0.2, -0.15) is 0 Å². The molecule has 1 aromatic carbocycles. The fourth-order valence-electron chi connectivity index (χ4n) is 4.03. The summed E-state index contributed by atoms with van der Waals surface area (Å²) < 4.78 is 42.5. The van der Waals surface area contributed by atoms with Gasteiger partial charge in [0, 0.05) is 23.4 Å². The number of benzene rings is 1. The van der Waals surface area contributed by atoms with Crippen molar-refractivity contribution < 1.29 is 13.2 Å². The average molecular weight is 416 g/mol. The van der Waals surface area contributed by atoms with E-state index in [0.29, 0.717) is 22.5 Å². The number of pyridine rings is 1. The smallest absolute Gasteiger partial charge is 0.266 e. The fourth-order valence-corrected chi connectivity index (χ4v) is 4.03. The molecule has 1 saturated carbocycles. The molecule has 0 bridgehead atoms. The first-order chi connectivity index (χ1) is 14.2. The van der Waals surface area contributed by atoms with Gasteiger partial charge in [0.05, 0.1) is 22.5 Å². The number of hydrogen-bond donors (Lipinski definition) is 1. The van der Waals surface area contributed by atoms with Crippen LogP contribution in [0.25, 0.3) is 10.9 Å². The van der Waals surface area contributed by atoms with Crippen molar-refractivity contribution >= 4 is 16.7 Å². The van der Waals surface area contributed by atoms with Gasteiger partial charge < -0.3 is 9.88 Å². The Hall–Kier alpha value is -2.90. The van der Waals surface area contributed by atoms with Gasteiger partial charge in [0.15, 0.2) is 0 Å². The number of nitrogens with zero attached hydrogens (tertiary/aromatic N) is 3. The molecule has 0 amide bonds. The fraction of sp³-hybridized carbons (Fsp3) is 0.409. The zero-order valence-electron chi connectivity index (χ0n) is 17.0. The van der Waals surface area contributed by atoms with E-state index in [0.717, 1.165) is 25.3 Å². The van der Waals surface area contributed by atoms with Crippen LogP contribution in [0, 0.1) is 12.7 Å². The predicted octanol–water partition coefficient (Wildman–Crippen LogP) is 5.25. The van der Waals surface area contributed by atoms with Crippen LogP contribution in [0.15, 0.2) is 35.3 Å². The van der Waals surface area contributed by atoms with Crippen molar-refractivity contribution in [2.75, 3.05) is 5.32 Å². The van der Waals surface area contributed by atoms with Crippen LogP contribution in [-0.2, 0) is 5.54 Å². The third-order valence-electron chi connectivity index (χ3n) is 5.97. The van der Waals surface area contributed by atoms with Crippen molar-refractivity contribution in [3.8, 4) is 0 Å². The van der Waals surface area contributed by atoms with E-state index in [1.807, 2.05) is 6.92 Å². The molecular formula is C22H23F3N4O. The zero-order chi connectivity index (χ0) is 21.6. The molecule has 0 radical (unpaired) electrons. The minimum Gasteiger partial charge on any atom is -0.363 e. The van der Waals surface area contributed by atoms with Gasteiger partial charge in [0.2, 0.25) is 0 Å². The summed E-state index contributed by atoms with van der Waals surface area (Å²) in [6.45, 7) is 5.42. The molecule has 5 nitrogen and oxygen atoms in total. The largest absolute Gasteiger partial charge is 0.363 e. The van der Waals surface area contributed by atoms with Crippen LogP contribution in [0.1, 0.15) is 62.5 Å². The molecular weight excluding hydrogens is 393 g/mol. The molecule has 30 heavy (non-hydrogen) atoms. The molecule has 2 heterocycles. The summed E-state index contributed by atoms with van der Waals surface area (Å²) in [6.07, 6.45) is 1.74. The quantitative estimate of drug-likeness (QED) is 0.617. The van der Waals surface area contributed by atoms with E-state index in [9.17, 15) is 18.0 Å². The van der Waals surface area contributed by atoms with E-state index in [-0.39, 0.29) is 16.7 Å². The third-order valence-corrected chi connectivity index (χ3v) is 5.97. The molecule has 1 atom stereocenters. The lowest BCUT2D eigenvalue weighted by atomic mass is 9.78. The molecule has 0 saturated heterocycles. The normalized spacial score (nSPS) is 16.5. The lowest BCUT2D eigenvalue weighted by Gasteiger charge is -2.40. The first kappa shape index (κ1) is 20.4. The van der Waals surface area contributed by atoms with Gasteiger partial charge in [-0.25, -0.2) is 23.1 Å². The molecule has 8 heteroatoms. The lowest BCUT2D eigenvalue weighted by molar-refractivity contribution is 0.146. The summed E-state index contributed by atoms with van der Waals surface area (Å²) in [4.78, 5) is 21.5. The van der Waals surface area contributed by atoms with E-state index in [1.165, 1.54) is 18.2 Å². The van der Waals surface area contributed by atoms with Gasteiger partial charge in [-0.05, 0) is 40.0 Å². The number of nitrogens with one attached hydrogen (secondary N) is 1. The van der Waals surface area contributed by atoms with Gasteiger partial charge in [-0.1, -0.05) is 18.2 Å².